The van der Waals surface area contributed by atoms with Crippen LogP contribution < -0.4 is 0 Å². The van der Waals surface area contributed by atoms with Crippen molar-refractivity contribution in [3.8, 4) is 0 Å². The Balaban J connectivity index is 5.25. The van der Waals surface area contributed by atoms with Crippen molar-refractivity contribution < 1.29 is 30.8 Å². The second kappa shape index (κ2) is 8.73. The molecule has 0 aliphatic rings. The third kappa shape index (κ3) is 12.1. The summed E-state index contributed by atoms with van der Waals surface area (Å²) in [7, 11) is -3.61. The molecule has 0 N–H and O–H groups in total. The molecule has 4 nitrogen and oxygen atoms in total. The Hall–Kier alpha value is 0.988. The monoisotopic (exact) mass is 372 g/mol. The van der Waals surface area contributed by atoms with Gasteiger partial charge in [-0.2, -0.15) is 0 Å². The fourth-order valence-electron chi connectivity index (χ4n) is 1.47. The van der Waals surface area contributed by atoms with Crippen LogP contribution in [0, 0.1) is 11.8 Å². The van der Waals surface area contributed by atoms with Crippen LogP contribution in [0.25, 0.3) is 0 Å². The summed E-state index contributed by atoms with van der Waals surface area (Å²) in [5.41, 5.74) is 0. The van der Waals surface area contributed by atoms with Crippen LogP contribution in [-0.4, -0.2) is 29.8 Å². The standard InChI is InChI=1S/2C4H9O.2C3H9OSi.Ti/c2*1-4(2)3-5;2*1-5(2,3)4;/h2*4H,3H2,1-2H3;2*1-3H3;/q4*-1;+4. The Labute approximate surface area is 139 Å². The van der Waals surface area contributed by atoms with Crippen molar-refractivity contribution in [1.82, 2.24) is 0 Å². The van der Waals surface area contributed by atoms with E-state index in [4.69, 9.17) is 12.7 Å². The van der Waals surface area contributed by atoms with E-state index < -0.39 is 34.8 Å². The predicted octanol–water partition coefficient (Wildman–Crippen LogP) is 4.85. The average Bonchev–Trinajstić information content (AvgIpc) is 2.19. The van der Waals surface area contributed by atoms with Crippen LogP contribution in [0.3, 0.4) is 0 Å². The van der Waals surface area contributed by atoms with Gasteiger partial charge in [0.1, 0.15) is 0 Å². The fraction of sp³-hybridized carbons (Fsp3) is 1.00. The van der Waals surface area contributed by atoms with Crippen molar-refractivity contribution in [2.24, 2.45) is 11.8 Å². The molecule has 0 aromatic carbocycles. The minimum absolute atomic E-state index is 0.438. The minimum atomic E-state index is -3.67. The molecule has 0 atom stereocenters. The van der Waals surface area contributed by atoms with Crippen LogP contribution in [0.2, 0.25) is 39.3 Å². The van der Waals surface area contributed by atoms with Crippen LogP contribution in [0.1, 0.15) is 27.7 Å². The Morgan fingerprint density at radius 1 is 0.667 bits per heavy atom. The van der Waals surface area contributed by atoms with Gasteiger partial charge in [0.15, 0.2) is 0 Å². The summed E-state index contributed by atoms with van der Waals surface area (Å²) in [6.07, 6.45) is 0. The maximum atomic E-state index is 6.40. The van der Waals surface area contributed by atoms with Crippen LogP contribution in [0.4, 0.5) is 0 Å². The summed E-state index contributed by atoms with van der Waals surface area (Å²) in [5, 5.41) is 0. The molecule has 0 bridgehead atoms. The molecule has 0 fully saturated rings. The zero-order valence-electron chi connectivity index (χ0n) is 15.7. The van der Waals surface area contributed by atoms with E-state index in [1.807, 2.05) is 0 Å². The second-order valence-corrected chi connectivity index (χ2v) is 21.6. The zero-order valence-corrected chi connectivity index (χ0v) is 19.3. The summed E-state index contributed by atoms with van der Waals surface area (Å²) in [4.78, 5) is 0. The summed E-state index contributed by atoms with van der Waals surface area (Å²) in [6, 6.07) is 0. The van der Waals surface area contributed by atoms with Gasteiger partial charge in [0.2, 0.25) is 0 Å². The van der Waals surface area contributed by atoms with Gasteiger partial charge in [0.25, 0.3) is 0 Å². The van der Waals surface area contributed by atoms with Crippen LogP contribution >= 0.6 is 0 Å². The van der Waals surface area contributed by atoms with E-state index in [0.29, 0.717) is 25.0 Å². The molecule has 0 radical (unpaired) electrons. The van der Waals surface area contributed by atoms with E-state index in [2.05, 4.69) is 67.0 Å². The molecule has 0 aliphatic heterocycles. The van der Waals surface area contributed by atoms with Gasteiger partial charge in [0, 0.05) is 0 Å². The van der Waals surface area contributed by atoms with Crippen molar-refractivity contribution in [3.05, 3.63) is 0 Å². The molecule has 0 aliphatic carbocycles. The van der Waals surface area contributed by atoms with Crippen LogP contribution in [0.15, 0.2) is 0 Å². The van der Waals surface area contributed by atoms with Gasteiger partial charge in [-0.25, -0.2) is 0 Å². The SMILES string of the molecule is CC(C)C[O][Ti]([O]CC(C)C)([O][Si](C)(C)C)[O][Si](C)(C)C. The molecular weight excluding hydrogens is 336 g/mol. The number of hydrogen-bond donors (Lipinski definition) is 0. The molecule has 128 valence electrons. The number of hydrogen-bond acceptors (Lipinski definition) is 4. The molecule has 0 rings (SSSR count). The van der Waals surface area contributed by atoms with E-state index in [-0.39, 0.29) is 0 Å². The third-order valence-corrected chi connectivity index (χ3v) is 13.5. The molecule has 0 unspecified atom stereocenters. The summed E-state index contributed by atoms with van der Waals surface area (Å²) in [6.45, 7) is 22.8. The molecule has 0 aromatic heterocycles. The first kappa shape index (κ1) is 22.0. The van der Waals surface area contributed by atoms with E-state index in [1.54, 1.807) is 0 Å². The normalized spacial score (nSPS) is 14.3. The van der Waals surface area contributed by atoms with Gasteiger partial charge in [0.05, 0.1) is 0 Å². The topological polar surface area (TPSA) is 36.9 Å². The van der Waals surface area contributed by atoms with Crippen LogP contribution in [-0.2, 0) is 30.8 Å². The molecule has 21 heavy (non-hydrogen) atoms. The van der Waals surface area contributed by atoms with E-state index in [0.717, 1.165) is 0 Å². The predicted molar refractivity (Wildman–Crippen MR) is 90.4 cm³/mol. The van der Waals surface area contributed by atoms with E-state index in [1.165, 1.54) is 0 Å². The molecule has 0 aromatic rings. The van der Waals surface area contributed by atoms with Gasteiger partial charge in [-0.15, -0.1) is 0 Å². The summed E-state index contributed by atoms with van der Waals surface area (Å²) in [5.74, 6) is 0.876. The van der Waals surface area contributed by atoms with Crippen LogP contribution in [0.5, 0.6) is 0 Å². The third-order valence-electron chi connectivity index (χ3n) is 2.05. The van der Waals surface area contributed by atoms with E-state index in [9.17, 15) is 0 Å². The first-order chi connectivity index (χ1) is 9.25. The molecule has 0 spiro atoms. The molecular formula is C14H36O4Si2Ti. The Kier molecular flexibility index (Phi) is 9.14. The second-order valence-electron chi connectivity index (χ2n) is 8.34. The number of rotatable bonds is 10. The van der Waals surface area contributed by atoms with Crippen molar-refractivity contribution >= 4 is 16.6 Å². The quantitative estimate of drug-likeness (QED) is 0.514. The zero-order chi connectivity index (χ0) is 16.9. The van der Waals surface area contributed by atoms with Crippen molar-refractivity contribution in [2.75, 3.05) is 13.2 Å². The van der Waals surface area contributed by atoms with Gasteiger partial charge in [-0.05, 0) is 0 Å². The van der Waals surface area contributed by atoms with Gasteiger partial charge >= 0.3 is 139 Å². The van der Waals surface area contributed by atoms with Crippen molar-refractivity contribution in [1.29, 1.82) is 0 Å². The van der Waals surface area contributed by atoms with Gasteiger partial charge < -0.3 is 0 Å². The first-order valence-electron chi connectivity index (χ1n) is 7.93. The molecule has 7 heteroatoms. The Morgan fingerprint density at radius 2 is 0.952 bits per heavy atom. The van der Waals surface area contributed by atoms with Crippen molar-refractivity contribution in [3.63, 3.8) is 0 Å². The fourth-order valence-corrected chi connectivity index (χ4v) is 13.9. The summed E-state index contributed by atoms with van der Waals surface area (Å²) >= 11 is -3.67. The maximum absolute atomic E-state index is 6.40. The first-order valence-corrected chi connectivity index (χ1v) is 17.3. The average molecular weight is 372 g/mol. The Bertz CT molecular complexity index is 268. The molecule has 0 heterocycles. The van der Waals surface area contributed by atoms with Gasteiger partial charge in [-0.3, -0.25) is 0 Å². The Morgan fingerprint density at radius 3 is 1.14 bits per heavy atom. The molecule has 0 saturated heterocycles. The molecule has 0 saturated carbocycles. The van der Waals surface area contributed by atoms with Crippen molar-refractivity contribution in [2.45, 2.75) is 67.0 Å². The summed E-state index contributed by atoms with van der Waals surface area (Å²) < 4.78 is 25.2. The molecule has 0 amide bonds. The van der Waals surface area contributed by atoms with E-state index >= 15 is 0 Å². The van der Waals surface area contributed by atoms with Gasteiger partial charge in [-0.1, -0.05) is 0 Å².